The molecule has 1 N–H and O–H groups in total. The van der Waals surface area contributed by atoms with E-state index in [1.807, 2.05) is 13.0 Å². The number of piperidine rings is 1. The molecule has 1 heterocycles. The van der Waals surface area contributed by atoms with Crippen molar-refractivity contribution < 1.29 is 14.6 Å². The molecule has 2 rings (SSSR count). The molecule has 1 aliphatic heterocycles. The van der Waals surface area contributed by atoms with E-state index in [-0.39, 0.29) is 24.5 Å². The van der Waals surface area contributed by atoms with Gasteiger partial charge in [-0.05, 0) is 50.5 Å². The van der Waals surface area contributed by atoms with Crippen molar-refractivity contribution in [2.45, 2.75) is 32.8 Å². The summed E-state index contributed by atoms with van der Waals surface area (Å²) in [5, 5.41) is 10.3. The highest BCUT2D eigenvalue weighted by molar-refractivity contribution is 6.30. The number of aryl methyl sites for hydroxylation is 1. The SMILES string of the molecule is Cc1cc(Cl)ccc1OCC(=O)N1CCCC(C(C)O)C1. The second kappa shape index (κ2) is 7.14. The number of rotatable bonds is 4. The van der Waals surface area contributed by atoms with Gasteiger partial charge in [0.15, 0.2) is 6.61 Å². The highest BCUT2D eigenvalue weighted by atomic mass is 35.5. The number of aliphatic hydroxyl groups is 1. The summed E-state index contributed by atoms with van der Waals surface area (Å²) >= 11 is 5.89. The average molecular weight is 312 g/mol. The number of benzene rings is 1. The van der Waals surface area contributed by atoms with Gasteiger partial charge in [-0.1, -0.05) is 11.6 Å². The summed E-state index contributed by atoms with van der Waals surface area (Å²) < 4.78 is 5.59. The van der Waals surface area contributed by atoms with Crippen LogP contribution < -0.4 is 4.74 Å². The van der Waals surface area contributed by atoms with Crippen LogP contribution in [0.1, 0.15) is 25.3 Å². The minimum atomic E-state index is -0.375. The Hall–Kier alpha value is -1.26. The van der Waals surface area contributed by atoms with Gasteiger partial charge in [0, 0.05) is 24.0 Å². The van der Waals surface area contributed by atoms with Crippen LogP contribution in [0.15, 0.2) is 18.2 Å². The van der Waals surface area contributed by atoms with Gasteiger partial charge in [-0.25, -0.2) is 0 Å². The second-order valence-corrected chi connectivity index (χ2v) is 6.12. The van der Waals surface area contributed by atoms with Crippen LogP contribution in [-0.4, -0.2) is 41.7 Å². The van der Waals surface area contributed by atoms with E-state index in [4.69, 9.17) is 16.3 Å². The topological polar surface area (TPSA) is 49.8 Å². The smallest absolute Gasteiger partial charge is 0.260 e. The Morgan fingerprint density at radius 2 is 2.33 bits per heavy atom. The first-order chi connectivity index (χ1) is 9.97. The van der Waals surface area contributed by atoms with E-state index in [2.05, 4.69) is 0 Å². The number of carbonyl (C=O) groups excluding carboxylic acids is 1. The summed E-state index contributed by atoms with van der Waals surface area (Å²) in [6.07, 6.45) is 1.53. The van der Waals surface area contributed by atoms with Crippen molar-refractivity contribution in [3.8, 4) is 5.75 Å². The van der Waals surface area contributed by atoms with Crippen molar-refractivity contribution in [1.29, 1.82) is 0 Å². The van der Waals surface area contributed by atoms with Crippen LogP contribution in [0.4, 0.5) is 0 Å². The molecule has 0 spiro atoms. The Kier molecular flexibility index (Phi) is 5.48. The van der Waals surface area contributed by atoms with Gasteiger partial charge in [0.2, 0.25) is 0 Å². The Balaban J connectivity index is 1.89. The Morgan fingerprint density at radius 3 is 3.00 bits per heavy atom. The van der Waals surface area contributed by atoms with Gasteiger partial charge in [0.05, 0.1) is 6.10 Å². The molecule has 1 fully saturated rings. The molecule has 0 saturated carbocycles. The van der Waals surface area contributed by atoms with E-state index in [0.717, 1.165) is 24.9 Å². The average Bonchev–Trinajstić information content (AvgIpc) is 2.46. The number of ether oxygens (including phenoxy) is 1. The number of amides is 1. The van der Waals surface area contributed by atoms with Gasteiger partial charge in [0.25, 0.3) is 5.91 Å². The molecule has 1 saturated heterocycles. The van der Waals surface area contributed by atoms with Crippen LogP contribution in [0.25, 0.3) is 0 Å². The third kappa shape index (κ3) is 4.35. The summed E-state index contributed by atoms with van der Waals surface area (Å²) in [6, 6.07) is 5.34. The van der Waals surface area contributed by atoms with Crippen LogP contribution in [-0.2, 0) is 4.79 Å². The highest BCUT2D eigenvalue weighted by Crippen LogP contribution is 2.23. The van der Waals surface area contributed by atoms with Crippen LogP contribution in [0.3, 0.4) is 0 Å². The van der Waals surface area contributed by atoms with E-state index < -0.39 is 0 Å². The Labute approximate surface area is 130 Å². The van der Waals surface area contributed by atoms with Crippen LogP contribution in [0.5, 0.6) is 5.75 Å². The second-order valence-electron chi connectivity index (χ2n) is 5.68. The van der Waals surface area contributed by atoms with E-state index >= 15 is 0 Å². The third-order valence-corrected chi connectivity index (χ3v) is 4.22. The van der Waals surface area contributed by atoms with Crippen molar-refractivity contribution in [3.63, 3.8) is 0 Å². The first kappa shape index (κ1) is 16.1. The van der Waals surface area contributed by atoms with Gasteiger partial charge in [-0.15, -0.1) is 0 Å². The van der Waals surface area contributed by atoms with Crippen LogP contribution >= 0.6 is 11.6 Å². The molecule has 2 atom stereocenters. The van der Waals surface area contributed by atoms with Gasteiger partial charge in [0.1, 0.15) is 5.75 Å². The fourth-order valence-electron chi connectivity index (χ4n) is 2.64. The summed E-state index contributed by atoms with van der Waals surface area (Å²) in [7, 11) is 0. The maximum atomic E-state index is 12.2. The standard InChI is InChI=1S/C16H22ClNO3/c1-11-8-14(17)5-6-15(11)21-10-16(20)18-7-3-4-13(9-18)12(2)19/h5-6,8,12-13,19H,3-4,7,9-10H2,1-2H3. The minimum absolute atomic E-state index is 0.0228. The normalized spacial score (nSPS) is 20.2. The molecule has 1 aromatic carbocycles. The number of hydrogen-bond acceptors (Lipinski definition) is 3. The maximum absolute atomic E-state index is 12.2. The van der Waals surface area contributed by atoms with Crippen LogP contribution in [0, 0.1) is 12.8 Å². The first-order valence-electron chi connectivity index (χ1n) is 7.32. The zero-order chi connectivity index (χ0) is 15.4. The molecule has 0 radical (unpaired) electrons. The molecular formula is C16H22ClNO3. The Bertz CT molecular complexity index is 504. The maximum Gasteiger partial charge on any atom is 0.260 e. The lowest BCUT2D eigenvalue weighted by Gasteiger charge is -2.34. The molecule has 21 heavy (non-hydrogen) atoms. The van der Waals surface area contributed by atoms with Crippen molar-refractivity contribution >= 4 is 17.5 Å². The molecule has 2 unspecified atom stereocenters. The molecule has 1 amide bonds. The molecule has 116 valence electrons. The van der Waals surface area contributed by atoms with Gasteiger partial charge in [-0.2, -0.15) is 0 Å². The molecule has 1 aliphatic rings. The van der Waals surface area contributed by atoms with Crippen molar-refractivity contribution in [2.24, 2.45) is 5.92 Å². The molecule has 4 nitrogen and oxygen atoms in total. The minimum Gasteiger partial charge on any atom is -0.483 e. The van der Waals surface area contributed by atoms with Crippen molar-refractivity contribution in [1.82, 2.24) is 4.90 Å². The van der Waals surface area contributed by atoms with Crippen molar-refractivity contribution in [3.05, 3.63) is 28.8 Å². The molecule has 1 aromatic rings. The van der Waals surface area contributed by atoms with E-state index in [0.29, 0.717) is 17.3 Å². The van der Waals surface area contributed by atoms with Gasteiger partial charge >= 0.3 is 0 Å². The zero-order valence-electron chi connectivity index (χ0n) is 12.5. The largest absolute Gasteiger partial charge is 0.483 e. The molecular weight excluding hydrogens is 290 g/mol. The fourth-order valence-corrected chi connectivity index (χ4v) is 2.86. The molecule has 0 bridgehead atoms. The Morgan fingerprint density at radius 1 is 1.57 bits per heavy atom. The lowest BCUT2D eigenvalue weighted by molar-refractivity contribution is -0.136. The number of hydrogen-bond donors (Lipinski definition) is 1. The molecule has 0 aromatic heterocycles. The van der Waals surface area contributed by atoms with Gasteiger partial charge in [-0.3, -0.25) is 4.79 Å². The lowest BCUT2D eigenvalue weighted by Crippen LogP contribution is -2.44. The van der Waals surface area contributed by atoms with Crippen LogP contribution in [0.2, 0.25) is 5.02 Å². The predicted octanol–water partition coefficient (Wildman–Crippen LogP) is 2.65. The first-order valence-corrected chi connectivity index (χ1v) is 7.70. The third-order valence-electron chi connectivity index (χ3n) is 3.98. The number of halogens is 1. The van der Waals surface area contributed by atoms with E-state index in [1.54, 1.807) is 24.0 Å². The fraction of sp³-hybridized carbons (Fsp3) is 0.562. The summed E-state index contributed by atoms with van der Waals surface area (Å²) in [6.45, 7) is 5.06. The summed E-state index contributed by atoms with van der Waals surface area (Å²) in [4.78, 5) is 14.0. The zero-order valence-corrected chi connectivity index (χ0v) is 13.3. The number of aliphatic hydroxyl groups excluding tert-OH is 1. The summed E-state index contributed by atoms with van der Waals surface area (Å²) in [5.74, 6) is 0.812. The lowest BCUT2D eigenvalue weighted by atomic mass is 9.93. The summed E-state index contributed by atoms with van der Waals surface area (Å²) in [5.41, 5.74) is 0.913. The number of carbonyl (C=O) groups is 1. The highest BCUT2D eigenvalue weighted by Gasteiger charge is 2.26. The predicted molar refractivity (Wildman–Crippen MR) is 82.7 cm³/mol. The molecule has 5 heteroatoms. The monoisotopic (exact) mass is 311 g/mol. The van der Waals surface area contributed by atoms with Crippen molar-refractivity contribution in [2.75, 3.05) is 19.7 Å². The van der Waals surface area contributed by atoms with E-state index in [9.17, 15) is 9.90 Å². The quantitative estimate of drug-likeness (QED) is 0.930. The van der Waals surface area contributed by atoms with E-state index in [1.165, 1.54) is 0 Å². The van der Waals surface area contributed by atoms with Gasteiger partial charge < -0.3 is 14.7 Å². The number of nitrogens with zero attached hydrogens (tertiary/aromatic N) is 1. The number of likely N-dealkylation sites (tertiary alicyclic amines) is 1. The molecule has 0 aliphatic carbocycles.